The van der Waals surface area contributed by atoms with Crippen LogP contribution in [-0.2, 0) is 4.79 Å². The fraction of sp³-hybridized carbons (Fsp3) is 0.0526. The molecule has 25 heavy (non-hydrogen) atoms. The van der Waals surface area contributed by atoms with Crippen molar-refractivity contribution in [1.29, 1.82) is 0 Å². The fourth-order valence-corrected chi connectivity index (χ4v) is 2.74. The lowest BCUT2D eigenvalue weighted by atomic mass is 10.2. The van der Waals surface area contributed by atoms with E-state index in [2.05, 4.69) is 11.2 Å². The molecule has 0 spiro atoms. The van der Waals surface area contributed by atoms with Gasteiger partial charge in [-0.3, -0.25) is 9.69 Å². The maximum Gasteiger partial charge on any atom is 0.281 e. The van der Waals surface area contributed by atoms with Crippen molar-refractivity contribution in [2.45, 2.75) is 0 Å². The van der Waals surface area contributed by atoms with Crippen LogP contribution in [0.2, 0.25) is 5.02 Å². The lowest BCUT2D eigenvalue weighted by molar-refractivity contribution is -0.113. The summed E-state index contributed by atoms with van der Waals surface area (Å²) in [5.74, 6) is 2.86. The number of hydrogen-bond donors (Lipinski definition) is 1. The van der Waals surface area contributed by atoms with E-state index in [1.807, 2.05) is 12.1 Å². The van der Waals surface area contributed by atoms with Crippen LogP contribution in [0.1, 0.15) is 5.56 Å². The van der Waals surface area contributed by atoms with Crippen molar-refractivity contribution in [3.05, 3.63) is 64.8 Å². The van der Waals surface area contributed by atoms with Gasteiger partial charge >= 0.3 is 0 Å². The van der Waals surface area contributed by atoms with Crippen molar-refractivity contribution >= 4 is 46.6 Å². The number of nitrogens with one attached hydrogen (secondary N) is 1. The second-order valence-electron chi connectivity index (χ2n) is 5.17. The van der Waals surface area contributed by atoms with E-state index in [0.29, 0.717) is 27.3 Å². The van der Waals surface area contributed by atoms with Crippen molar-refractivity contribution in [3.63, 3.8) is 0 Å². The number of carbonyl (C=O) groups is 1. The molecule has 0 atom stereocenters. The highest BCUT2D eigenvalue weighted by Gasteiger charge is 2.31. The van der Waals surface area contributed by atoms with Gasteiger partial charge in [-0.15, -0.1) is 6.42 Å². The molecule has 124 valence electrons. The van der Waals surface area contributed by atoms with E-state index in [-0.39, 0.29) is 12.5 Å². The SMILES string of the molecule is C#CCOc1ccc(/C=C2\NC(=S)N(c3ccc(Cl)cc3)C2=O)cc1. The third-order valence-corrected chi connectivity index (χ3v) is 4.01. The maximum atomic E-state index is 12.6. The highest BCUT2D eigenvalue weighted by molar-refractivity contribution is 7.80. The van der Waals surface area contributed by atoms with Crippen molar-refractivity contribution in [2.75, 3.05) is 11.5 Å². The fourth-order valence-electron chi connectivity index (χ4n) is 2.31. The molecule has 0 aliphatic carbocycles. The van der Waals surface area contributed by atoms with Gasteiger partial charge in [-0.2, -0.15) is 0 Å². The number of thiocarbonyl (C=S) groups is 1. The molecule has 0 unspecified atom stereocenters. The van der Waals surface area contributed by atoms with Gasteiger partial charge in [0.1, 0.15) is 18.1 Å². The Balaban J connectivity index is 1.80. The Hall–Kier alpha value is -2.81. The van der Waals surface area contributed by atoms with Crippen LogP contribution in [0.15, 0.2) is 54.2 Å². The molecular formula is C19H13ClN2O2S. The molecule has 2 aromatic carbocycles. The van der Waals surface area contributed by atoms with Gasteiger partial charge in [0, 0.05) is 5.02 Å². The molecule has 4 nitrogen and oxygen atoms in total. The first kappa shape index (κ1) is 17.0. The lowest BCUT2D eigenvalue weighted by Gasteiger charge is -2.13. The molecule has 0 bridgehead atoms. The number of ether oxygens (including phenoxy) is 1. The van der Waals surface area contributed by atoms with E-state index in [1.165, 1.54) is 4.90 Å². The minimum atomic E-state index is -0.222. The molecule has 1 heterocycles. The van der Waals surface area contributed by atoms with E-state index in [4.69, 9.17) is 35.0 Å². The zero-order chi connectivity index (χ0) is 17.8. The van der Waals surface area contributed by atoms with Gasteiger partial charge in [0.15, 0.2) is 5.11 Å². The average molecular weight is 369 g/mol. The highest BCUT2D eigenvalue weighted by atomic mass is 35.5. The minimum Gasteiger partial charge on any atom is -0.481 e. The molecular weight excluding hydrogens is 356 g/mol. The Labute approximate surface area is 156 Å². The molecule has 1 N–H and O–H groups in total. The first-order chi connectivity index (χ1) is 12.1. The zero-order valence-corrected chi connectivity index (χ0v) is 14.6. The Morgan fingerprint density at radius 2 is 1.88 bits per heavy atom. The first-order valence-electron chi connectivity index (χ1n) is 7.37. The highest BCUT2D eigenvalue weighted by Crippen LogP contribution is 2.24. The second kappa shape index (κ2) is 7.39. The lowest BCUT2D eigenvalue weighted by Crippen LogP contribution is -2.30. The van der Waals surface area contributed by atoms with Crippen LogP contribution in [0.5, 0.6) is 5.75 Å². The Morgan fingerprint density at radius 3 is 2.52 bits per heavy atom. The van der Waals surface area contributed by atoms with E-state index >= 15 is 0 Å². The van der Waals surface area contributed by atoms with Gasteiger partial charge < -0.3 is 10.1 Å². The van der Waals surface area contributed by atoms with Gasteiger partial charge in [0.05, 0.1) is 5.69 Å². The van der Waals surface area contributed by atoms with E-state index in [9.17, 15) is 4.79 Å². The molecule has 0 aromatic heterocycles. The topological polar surface area (TPSA) is 41.6 Å². The molecule has 0 saturated carbocycles. The molecule has 6 heteroatoms. The Kier molecular flexibility index (Phi) is 5.03. The average Bonchev–Trinajstić information content (AvgIpc) is 2.89. The van der Waals surface area contributed by atoms with E-state index < -0.39 is 0 Å². The Morgan fingerprint density at radius 1 is 1.20 bits per heavy atom. The van der Waals surface area contributed by atoms with Crippen LogP contribution in [0, 0.1) is 12.3 Å². The quantitative estimate of drug-likeness (QED) is 0.508. The summed E-state index contributed by atoms with van der Waals surface area (Å²) in [6, 6.07) is 14.2. The number of rotatable bonds is 4. The number of halogens is 1. The molecule has 1 saturated heterocycles. The second-order valence-corrected chi connectivity index (χ2v) is 5.99. The summed E-state index contributed by atoms with van der Waals surface area (Å²) in [4.78, 5) is 14.1. The van der Waals surface area contributed by atoms with Crippen LogP contribution in [0.25, 0.3) is 6.08 Å². The van der Waals surface area contributed by atoms with Crippen LogP contribution < -0.4 is 15.0 Å². The number of amides is 1. The smallest absolute Gasteiger partial charge is 0.281 e. The first-order valence-corrected chi connectivity index (χ1v) is 8.16. The normalized spacial score (nSPS) is 15.2. The Bertz CT molecular complexity index is 883. The standard InChI is InChI=1S/C19H13ClN2O2S/c1-2-11-24-16-9-3-13(4-10-16)12-17-18(23)22(19(25)21-17)15-7-5-14(20)6-8-15/h1,3-10,12H,11H2,(H,21,25)/b17-12-. The van der Waals surface area contributed by atoms with Crippen molar-refractivity contribution in [2.24, 2.45) is 0 Å². The van der Waals surface area contributed by atoms with Crippen molar-refractivity contribution in [1.82, 2.24) is 5.32 Å². The van der Waals surface area contributed by atoms with Gasteiger partial charge in [-0.05, 0) is 60.3 Å². The largest absolute Gasteiger partial charge is 0.481 e. The summed E-state index contributed by atoms with van der Waals surface area (Å²) < 4.78 is 5.32. The van der Waals surface area contributed by atoms with Crippen molar-refractivity contribution in [3.8, 4) is 18.1 Å². The van der Waals surface area contributed by atoms with Crippen LogP contribution in [0.3, 0.4) is 0 Å². The van der Waals surface area contributed by atoms with E-state index in [0.717, 1.165) is 5.56 Å². The van der Waals surface area contributed by atoms with Gasteiger partial charge in [-0.25, -0.2) is 0 Å². The van der Waals surface area contributed by atoms with E-state index in [1.54, 1.807) is 42.5 Å². The van der Waals surface area contributed by atoms with Crippen LogP contribution >= 0.6 is 23.8 Å². The molecule has 1 amide bonds. The number of benzene rings is 2. The predicted octanol–water partition coefficient (Wildman–Crippen LogP) is 3.61. The monoisotopic (exact) mass is 368 g/mol. The van der Waals surface area contributed by atoms with Gasteiger partial charge in [-0.1, -0.05) is 29.7 Å². The van der Waals surface area contributed by atoms with Crippen LogP contribution in [0.4, 0.5) is 5.69 Å². The molecule has 1 aliphatic heterocycles. The van der Waals surface area contributed by atoms with Gasteiger partial charge in [0.25, 0.3) is 5.91 Å². The molecule has 0 radical (unpaired) electrons. The van der Waals surface area contributed by atoms with Gasteiger partial charge in [0.2, 0.25) is 0 Å². The molecule has 3 rings (SSSR count). The predicted molar refractivity (Wildman–Crippen MR) is 103 cm³/mol. The zero-order valence-electron chi connectivity index (χ0n) is 13.0. The molecule has 1 aliphatic rings. The van der Waals surface area contributed by atoms with Crippen molar-refractivity contribution < 1.29 is 9.53 Å². The summed E-state index contributed by atoms with van der Waals surface area (Å²) in [5.41, 5.74) is 1.90. The number of terminal acetylenes is 1. The molecule has 2 aromatic rings. The summed E-state index contributed by atoms with van der Waals surface area (Å²) in [6.07, 6.45) is 6.89. The summed E-state index contributed by atoms with van der Waals surface area (Å²) in [6.45, 7) is 0.213. The maximum absolute atomic E-state index is 12.6. The number of nitrogens with zero attached hydrogens (tertiary/aromatic N) is 1. The summed E-state index contributed by atoms with van der Waals surface area (Å²) in [5, 5.41) is 3.86. The van der Waals surface area contributed by atoms with Crippen LogP contribution in [-0.4, -0.2) is 17.6 Å². The molecule has 1 fully saturated rings. The summed E-state index contributed by atoms with van der Waals surface area (Å²) in [7, 11) is 0. The number of anilines is 1. The number of hydrogen-bond acceptors (Lipinski definition) is 3. The third-order valence-electron chi connectivity index (χ3n) is 3.48. The summed E-state index contributed by atoms with van der Waals surface area (Å²) >= 11 is 11.2. The number of carbonyl (C=O) groups excluding carboxylic acids is 1. The minimum absolute atomic E-state index is 0.213. The third kappa shape index (κ3) is 3.82.